The Morgan fingerprint density at radius 3 is 2.29 bits per heavy atom. The fourth-order valence-electron chi connectivity index (χ4n) is 1.81. The average Bonchev–Trinajstić information content (AvgIpc) is 2.44. The van der Waals surface area contributed by atoms with Crippen molar-refractivity contribution in [3.63, 3.8) is 0 Å². The zero-order valence-electron chi connectivity index (χ0n) is 10.1. The fourth-order valence-corrected chi connectivity index (χ4v) is 1.81. The highest BCUT2D eigenvalue weighted by atomic mass is 15.6. The molecule has 0 amide bonds. The van der Waals surface area contributed by atoms with Crippen molar-refractivity contribution in [3.8, 4) is 0 Å². The van der Waals surface area contributed by atoms with Crippen molar-refractivity contribution in [2.45, 2.75) is 47.2 Å². The Labute approximate surface area is 87.8 Å². The number of rotatable bonds is 3. The van der Waals surface area contributed by atoms with Gasteiger partial charge in [-0.3, -0.25) is 5.01 Å². The lowest BCUT2D eigenvalue weighted by Crippen LogP contribution is -2.42. The zero-order valence-corrected chi connectivity index (χ0v) is 10.1. The Morgan fingerprint density at radius 2 is 1.86 bits per heavy atom. The van der Waals surface area contributed by atoms with Crippen LogP contribution in [-0.2, 0) is 0 Å². The fraction of sp³-hybridized carbons (Fsp3) is 0.909. The first-order valence-electron chi connectivity index (χ1n) is 5.54. The van der Waals surface area contributed by atoms with E-state index in [2.05, 4.69) is 49.6 Å². The Morgan fingerprint density at radius 1 is 1.21 bits per heavy atom. The van der Waals surface area contributed by atoms with Gasteiger partial charge in [-0.15, -0.1) is 0 Å². The van der Waals surface area contributed by atoms with Crippen LogP contribution >= 0.6 is 0 Å². The van der Waals surface area contributed by atoms with Crippen molar-refractivity contribution in [1.29, 1.82) is 0 Å². The molecule has 1 aliphatic heterocycles. The van der Waals surface area contributed by atoms with Gasteiger partial charge in [0.15, 0.2) is 0 Å². The first-order chi connectivity index (χ1) is 6.48. The van der Waals surface area contributed by atoms with Crippen LogP contribution < -0.4 is 0 Å². The lowest BCUT2D eigenvalue weighted by atomic mass is 9.90. The number of hydrogen-bond donors (Lipinski definition) is 0. The minimum absolute atomic E-state index is 0.360. The molecule has 1 rings (SSSR count). The highest BCUT2D eigenvalue weighted by Crippen LogP contribution is 2.27. The summed E-state index contributed by atoms with van der Waals surface area (Å²) in [6.45, 7) is 13.2. The molecule has 1 aliphatic rings. The van der Waals surface area contributed by atoms with E-state index in [4.69, 9.17) is 0 Å². The van der Waals surface area contributed by atoms with Crippen LogP contribution in [-0.4, -0.2) is 35.5 Å². The Kier molecular flexibility index (Phi) is 3.40. The van der Waals surface area contributed by atoms with E-state index in [0.29, 0.717) is 11.6 Å². The number of nitrogens with zero attached hydrogens (tertiary/aromatic N) is 3. The van der Waals surface area contributed by atoms with Crippen LogP contribution in [0.1, 0.15) is 41.0 Å². The van der Waals surface area contributed by atoms with Crippen LogP contribution in [0.15, 0.2) is 5.10 Å². The van der Waals surface area contributed by atoms with Crippen LogP contribution in [0, 0.1) is 5.41 Å². The summed E-state index contributed by atoms with van der Waals surface area (Å²) in [4.78, 5) is 2.31. The predicted molar refractivity (Wildman–Crippen MR) is 61.1 cm³/mol. The number of hydrazone groups is 1. The average molecular weight is 197 g/mol. The molecule has 1 atom stereocenters. The van der Waals surface area contributed by atoms with Crippen molar-refractivity contribution >= 4 is 6.34 Å². The monoisotopic (exact) mass is 197 g/mol. The Hall–Kier alpha value is -0.730. The normalized spacial score (nSPS) is 22.2. The van der Waals surface area contributed by atoms with Gasteiger partial charge in [0.25, 0.3) is 0 Å². The summed E-state index contributed by atoms with van der Waals surface area (Å²) in [7, 11) is 0. The second kappa shape index (κ2) is 4.20. The van der Waals surface area contributed by atoms with Crippen molar-refractivity contribution in [2.24, 2.45) is 10.5 Å². The van der Waals surface area contributed by atoms with E-state index in [1.807, 2.05) is 6.34 Å². The largest absolute Gasteiger partial charge is 0.340 e. The molecule has 0 saturated heterocycles. The van der Waals surface area contributed by atoms with Crippen LogP contribution in [0.25, 0.3) is 0 Å². The van der Waals surface area contributed by atoms with Gasteiger partial charge in [0.05, 0.1) is 0 Å². The quantitative estimate of drug-likeness (QED) is 0.691. The molecule has 0 spiro atoms. The van der Waals surface area contributed by atoms with E-state index in [1.165, 1.54) is 0 Å². The van der Waals surface area contributed by atoms with Gasteiger partial charge in [-0.05, 0) is 25.7 Å². The van der Waals surface area contributed by atoms with Gasteiger partial charge in [0.2, 0.25) is 0 Å². The molecule has 1 unspecified atom stereocenters. The maximum atomic E-state index is 4.41. The molecule has 0 aliphatic carbocycles. The van der Waals surface area contributed by atoms with Gasteiger partial charge in [-0.2, -0.15) is 5.10 Å². The van der Waals surface area contributed by atoms with E-state index in [1.54, 1.807) is 0 Å². The van der Waals surface area contributed by atoms with Gasteiger partial charge in [0.1, 0.15) is 12.5 Å². The highest BCUT2D eigenvalue weighted by molar-refractivity contribution is 5.56. The van der Waals surface area contributed by atoms with Crippen molar-refractivity contribution in [1.82, 2.24) is 9.91 Å². The van der Waals surface area contributed by atoms with E-state index >= 15 is 0 Å². The molecule has 0 fully saturated rings. The third-order valence-corrected chi connectivity index (χ3v) is 2.56. The van der Waals surface area contributed by atoms with Crippen molar-refractivity contribution in [3.05, 3.63) is 0 Å². The van der Waals surface area contributed by atoms with E-state index in [0.717, 1.165) is 19.5 Å². The molecular formula is C11H23N3. The summed E-state index contributed by atoms with van der Waals surface area (Å²) >= 11 is 0. The second-order valence-electron chi connectivity index (χ2n) is 5.06. The lowest BCUT2D eigenvalue weighted by Gasteiger charge is -2.34. The summed E-state index contributed by atoms with van der Waals surface area (Å²) in [6.07, 6.45) is 3.60. The summed E-state index contributed by atoms with van der Waals surface area (Å²) in [6, 6.07) is 0. The molecule has 0 aromatic heterocycles. The van der Waals surface area contributed by atoms with Gasteiger partial charge >= 0.3 is 0 Å². The SMILES string of the molecule is CCN1C=NN(CC)C1CC(C)(C)C. The summed E-state index contributed by atoms with van der Waals surface area (Å²) in [5.41, 5.74) is 0.360. The summed E-state index contributed by atoms with van der Waals surface area (Å²) in [5, 5.41) is 6.58. The smallest absolute Gasteiger partial charge is 0.119 e. The minimum atomic E-state index is 0.360. The molecule has 3 nitrogen and oxygen atoms in total. The topological polar surface area (TPSA) is 18.8 Å². The van der Waals surface area contributed by atoms with Crippen LogP contribution in [0.4, 0.5) is 0 Å². The zero-order chi connectivity index (χ0) is 10.8. The maximum absolute atomic E-state index is 4.41. The maximum Gasteiger partial charge on any atom is 0.119 e. The summed E-state index contributed by atoms with van der Waals surface area (Å²) in [5.74, 6) is 0. The van der Waals surface area contributed by atoms with Gasteiger partial charge < -0.3 is 4.90 Å². The first-order valence-corrected chi connectivity index (χ1v) is 5.54. The standard InChI is InChI=1S/C11H23N3/c1-6-13-9-12-14(7-2)10(13)8-11(3,4)5/h9-10H,6-8H2,1-5H3. The third kappa shape index (κ3) is 2.63. The Balaban J connectivity index is 2.63. The molecule has 1 heterocycles. The molecule has 0 bridgehead atoms. The van der Waals surface area contributed by atoms with Crippen LogP contribution in [0.2, 0.25) is 0 Å². The molecule has 0 N–H and O–H groups in total. The Bertz CT molecular complexity index is 191. The summed E-state index contributed by atoms with van der Waals surface area (Å²) < 4.78 is 0. The molecule has 14 heavy (non-hydrogen) atoms. The predicted octanol–water partition coefficient (Wildman–Crippen LogP) is 2.35. The van der Waals surface area contributed by atoms with E-state index < -0.39 is 0 Å². The lowest BCUT2D eigenvalue weighted by molar-refractivity contribution is 0.0961. The molecule has 0 radical (unpaired) electrons. The van der Waals surface area contributed by atoms with Crippen molar-refractivity contribution < 1.29 is 0 Å². The first kappa shape index (κ1) is 11.3. The highest BCUT2D eigenvalue weighted by Gasteiger charge is 2.29. The van der Waals surface area contributed by atoms with Crippen LogP contribution in [0.5, 0.6) is 0 Å². The minimum Gasteiger partial charge on any atom is -0.340 e. The molecule has 82 valence electrons. The molecule has 0 aromatic rings. The van der Waals surface area contributed by atoms with E-state index in [9.17, 15) is 0 Å². The van der Waals surface area contributed by atoms with Gasteiger partial charge in [-0.25, -0.2) is 0 Å². The van der Waals surface area contributed by atoms with Crippen molar-refractivity contribution in [2.75, 3.05) is 13.1 Å². The molecule has 3 heteroatoms. The van der Waals surface area contributed by atoms with E-state index in [-0.39, 0.29) is 0 Å². The molecule has 0 aromatic carbocycles. The molecular weight excluding hydrogens is 174 g/mol. The molecule has 0 saturated carbocycles. The third-order valence-electron chi connectivity index (χ3n) is 2.56. The van der Waals surface area contributed by atoms with Gasteiger partial charge in [-0.1, -0.05) is 20.8 Å². The van der Waals surface area contributed by atoms with Gasteiger partial charge in [0, 0.05) is 13.1 Å². The number of hydrogen-bond acceptors (Lipinski definition) is 3. The van der Waals surface area contributed by atoms with Crippen LogP contribution in [0.3, 0.4) is 0 Å². The second-order valence-corrected chi connectivity index (χ2v) is 5.06.